The molecule has 0 saturated carbocycles. The largest absolute Gasteiger partial charge is 0.507 e. The Balaban J connectivity index is 2.41. The summed E-state index contributed by atoms with van der Waals surface area (Å²) in [4.78, 5) is 0. The molecule has 0 aromatic heterocycles. The fraction of sp³-hybridized carbons (Fsp3) is 0.250. The molecule has 0 aliphatic heterocycles. The standard InChI is InChI=1S/C16H18O/c1-11-9-15(10-12(2)16(11)17)13(3)14-7-5-4-6-8-14/h4-10,13,17H,1-3H3/t13-/m1/s1. The van der Waals surface area contributed by atoms with Crippen LogP contribution in [0.5, 0.6) is 5.75 Å². The van der Waals surface area contributed by atoms with Crippen LogP contribution in [0.4, 0.5) is 0 Å². The van der Waals surface area contributed by atoms with Crippen molar-refractivity contribution in [2.75, 3.05) is 0 Å². The second-order valence-corrected chi connectivity index (χ2v) is 4.64. The van der Waals surface area contributed by atoms with Crippen molar-refractivity contribution in [2.24, 2.45) is 0 Å². The Morgan fingerprint density at radius 3 is 1.94 bits per heavy atom. The Kier molecular flexibility index (Phi) is 3.19. The highest BCUT2D eigenvalue weighted by Crippen LogP contribution is 2.30. The Labute approximate surface area is 103 Å². The minimum atomic E-state index is 0.356. The molecule has 0 aliphatic carbocycles. The molecular formula is C16H18O. The van der Waals surface area contributed by atoms with Gasteiger partial charge in [-0.25, -0.2) is 0 Å². The molecule has 17 heavy (non-hydrogen) atoms. The van der Waals surface area contributed by atoms with E-state index in [9.17, 15) is 5.11 Å². The number of hydrogen-bond acceptors (Lipinski definition) is 1. The number of benzene rings is 2. The van der Waals surface area contributed by atoms with E-state index < -0.39 is 0 Å². The summed E-state index contributed by atoms with van der Waals surface area (Å²) in [6.07, 6.45) is 0. The number of hydrogen-bond donors (Lipinski definition) is 1. The fourth-order valence-electron chi connectivity index (χ4n) is 2.17. The molecule has 0 unspecified atom stereocenters. The van der Waals surface area contributed by atoms with Crippen molar-refractivity contribution < 1.29 is 5.11 Å². The van der Waals surface area contributed by atoms with E-state index in [2.05, 4.69) is 43.3 Å². The summed E-state index contributed by atoms with van der Waals surface area (Å²) in [5, 5.41) is 9.78. The number of aromatic hydroxyl groups is 1. The van der Waals surface area contributed by atoms with Crippen LogP contribution >= 0.6 is 0 Å². The van der Waals surface area contributed by atoms with Gasteiger partial charge in [0.1, 0.15) is 5.75 Å². The minimum absolute atomic E-state index is 0.356. The molecular weight excluding hydrogens is 208 g/mol. The molecule has 0 aliphatic rings. The van der Waals surface area contributed by atoms with Crippen molar-refractivity contribution >= 4 is 0 Å². The maximum absolute atomic E-state index is 9.78. The molecule has 0 bridgehead atoms. The normalized spacial score (nSPS) is 12.4. The average Bonchev–Trinajstić information content (AvgIpc) is 2.35. The van der Waals surface area contributed by atoms with Crippen LogP contribution in [0.15, 0.2) is 42.5 Å². The Morgan fingerprint density at radius 1 is 0.882 bits per heavy atom. The summed E-state index contributed by atoms with van der Waals surface area (Å²) in [7, 11) is 0. The van der Waals surface area contributed by atoms with Gasteiger partial charge in [-0.15, -0.1) is 0 Å². The monoisotopic (exact) mass is 226 g/mol. The summed E-state index contributed by atoms with van der Waals surface area (Å²) in [6, 6.07) is 14.6. The smallest absolute Gasteiger partial charge is 0.121 e. The highest BCUT2D eigenvalue weighted by atomic mass is 16.3. The maximum atomic E-state index is 9.78. The van der Waals surface area contributed by atoms with Crippen molar-refractivity contribution in [3.63, 3.8) is 0 Å². The Morgan fingerprint density at radius 2 is 1.41 bits per heavy atom. The fourth-order valence-corrected chi connectivity index (χ4v) is 2.17. The topological polar surface area (TPSA) is 20.2 Å². The number of rotatable bonds is 2. The third kappa shape index (κ3) is 2.33. The molecule has 1 atom stereocenters. The van der Waals surface area contributed by atoms with E-state index in [-0.39, 0.29) is 0 Å². The van der Waals surface area contributed by atoms with Gasteiger partial charge in [0.05, 0.1) is 0 Å². The minimum Gasteiger partial charge on any atom is -0.507 e. The molecule has 2 rings (SSSR count). The summed E-state index contributed by atoms with van der Waals surface area (Å²) in [6.45, 7) is 6.09. The summed E-state index contributed by atoms with van der Waals surface area (Å²) in [5.41, 5.74) is 4.45. The molecule has 0 amide bonds. The third-order valence-electron chi connectivity index (χ3n) is 3.31. The molecule has 1 heteroatoms. The first-order valence-corrected chi connectivity index (χ1v) is 5.94. The third-order valence-corrected chi connectivity index (χ3v) is 3.31. The van der Waals surface area contributed by atoms with E-state index in [1.165, 1.54) is 11.1 Å². The van der Waals surface area contributed by atoms with Gasteiger partial charge >= 0.3 is 0 Å². The van der Waals surface area contributed by atoms with E-state index in [1.54, 1.807) is 0 Å². The van der Waals surface area contributed by atoms with E-state index in [1.807, 2.05) is 19.9 Å². The van der Waals surface area contributed by atoms with Gasteiger partial charge in [-0.2, -0.15) is 0 Å². The van der Waals surface area contributed by atoms with Gasteiger partial charge in [0, 0.05) is 5.92 Å². The van der Waals surface area contributed by atoms with Crippen LogP contribution < -0.4 is 0 Å². The molecule has 0 fully saturated rings. The molecule has 0 saturated heterocycles. The van der Waals surface area contributed by atoms with Crippen LogP contribution in [0.2, 0.25) is 0 Å². The number of phenols is 1. The zero-order valence-corrected chi connectivity index (χ0v) is 10.6. The van der Waals surface area contributed by atoms with Gasteiger partial charge in [-0.3, -0.25) is 0 Å². The van der Waals surface area contributed by atoms with Crippen molar-refractivity contribution in [2.45, 2.75) is 26.7 Å². The molecule has 1 nitrogen and oxygen atoms in total. The molecule has 1 N–H and O–H groups in total. The van der Waals surface area contributed by atoms with E-state index in [0.717, 1.165) is 11.1 Å². The van der Waals surface area contributed by atoms with Gasteiger partial charge < -0.3 is 5.11 Å². The van der Waals surface area contributed by atoms with Crippen LogP contribution in [0.25, 0.3) is 0 Å². The zero-order valence-electron chi connectivity index (χ0n) is 10.6. The Hall–Kier alpha value is -1.76. The first-order chi connectivity index (χ1) is 8.09. The SMILES string of the molecule is Cc1cc([C@H](C)c2ccccc2)cc(C)c1O. The molecule has 88 valence electrons. The van der Waals surface area contributed by atoms with Gasteiger partial charge in [-0.05, 0) is 36.1 Å². The molecule has 0 spiro atoms. The predicted molar refractivity (Wildman–Crippen MR) is 71.5 cm³/mol. The predicted octanol–water partition coefficient (Wildman–Crippen LogP) is 4.16. The summed E-state index contributed by atoms with van der Waals surface area (Å²) in [5.74, 6) is 0.767. The van der Waals surface area contributed by atoms with Gasteiger partial charge in [0.15, 0.2) is 0 Å². The van der Waals surface area contributed by atoms with Gasteiger partial charge in [0.25, 0.3) is 0 Å². The van der Waals surface area contributed by atoms with Crippen molar-refractivity contribution in [3.8, 4) is 5.75 Å². The quantitative estimate of drug-likeness (QED) is 0.815. The summed E-state index contributed by atoms with van der Waals surface area (Å²) >= 11 is 0. The van der Waals surface area contributed by atoms with Crippen LogP contribution in [-0.2, 0) is 0 Å². The lowest BCUT2D eigenvalue weighted by Crippen LogP contribution is -1.97. The number of phenolic OH excluding ortho intramolecular Hbond substituents is 1. The van der Waals surface area contributed by atoms with Crippen LogP contribution in [0.3, 0.4) is 0 Å². The van der Waals surface area contributed by atoms with Crippen LogP contribution in [0, 0.1) is 13.8 Å². The van der Waals surface area contributed by atoms with Crippen LogP contribution in [-0.4, -0.2) is 5.11 Å². The summed E-state index contributed by atoms with van der Waals surface area (Å²) < 4.78 is 0. The molecule has 2 aromatic carbocycles. The van der Waals surface area contributed by atoms with Crippen molar-refractivity contribution in [1.82, 2.24) is 0 Å². The molecule has 0 heterocycles. The van der Waals surface area contributed by atoms with E-state index in [4.69, 9.17) is 0 Å². The lowest BCUT2D eigenvalue weighted by Gasteiger charge is -2.15. The number of aryl methyl sites for hydroxylation is 2. The Bertz CT molecular complexity index is 491. The second kappa shape index (κ2) is 4.62. The van der Waals surface area contributed by atoms with Gasteiger partial charge in [0.2, 0.25) is 0 Å². The second-order valence-electron chi connectivity index (χ2n) is 4.64. The highest BCUT2D eigenvalue weighted by Gasteiger charge is 2.11. The van der Waals surface area contributed by atoms with Gasteiger partial charge in [-0.1, -0.05) is 49.4 Å². The van der Waals surface area contributed by atoms with E-state index in [0.29, 0.717) is 11.7 Å². The lowest BCUT2D eigenvalue weighted by atomic mass is 9.91. The van der Waals surface area contributed by atoms with E-state index >= 15 is 0 Å². The highest BCUT2D eigenvalue weighted by molar-refractivity contribution is 5.45. The average molecular weight is 226 g/mol. The van der Waals surface area contributed by atoms with Crippen LogP contribution in [0.1, 0.15) is 35.1 Å². The lowest BCUT2D eigenvalue weighted by molar-refractivity contribution is 0.466. The first kappa shape index (κ1) is 11.7. The first-order valence-electron chi connectivity index (χ1n) is 5.94. The zero-order chi connectivity index (χ0) is 12.4. The van der Waals surface area contributed by atoms with Crippen molar-refractivity contribution in [1.29, 1.82) is 0 Å². The van der Waals surface area contributed by atoms with Crippen molar-refractivity contribution in [3.05, 3.63) is 64.7 Å². The maximum Gasteiger partial charge on any atom is 0.121 e. The molecule has 0 radical (unpaired) electrons. The molecule has 2 aromatic rings.